The number of aliphatic hydroxyl groups is 1. The van der Waals surface area contributed by atoms with Crippen molar-refractivity contribution in [2.75, 3.05) is 6.26 Å². The third-order valence-corrected chi connectivity index (χ3v) is 3.79. The Morgan fingerprint density at radius 1 is 1.38 bits per heavy atom. The van der Waals surface area contributed by atoms with Gasteiger partial charge in [-0.15, -0.1) is 0 Å². The van der Waals surface area contributed by atoms with E-state index in [0.717, 1.165) is 18.4 Å². The van der Waals surface area contributed by atoms with Crippen LogP contribution >= 0.6 is 0 Å². The standard InChI is InChI=1S/C10H11FO4S/c1-16(14,15)9-5-8(12)6(4-7(9)11)10(13)2-3-10/h4-5,12-13H,2-3H2,1H3. The van der Waals surface area contributed by atoms with Gasteiger partial charge in [-0.2, -0.15) is 0 Å². The molecule has 2 N–H and O–H groups in total. The molecule has 1 aromatic carbocycles. The molecule has 0 spiro atoms. The van der Waals surface area contributed by atoms with Crippen molar-refractivity contribution < 1.29 is 23.0 Å². The second-order valence-electron chi connectivity index (χ2n) is 4.10. The van der Waals surface area contributed by atoms with Gasteiger partial charge in [0.15, 0.2) is 9.84 Å². The van der Waals surface area contributed by atoms with Crippen molar-refractivity contribution in [2.24, 2.45) is 0 Å². The quantitative estimate of drug-likeness (QED) is 0.813. The first kappa shape index (κ1) is 11.3. The van der Waals surface area contributed by atoms with Crippen LogP contribution in [0, 0.1) is 5.82 Å². The molecule has 0 amide bonds. The van der Waals surface area contributed by atoms with E-state index in [2.05, 4.69) is 0 Å². The monoisotopic (exact) mass is 246 g/mol. The summed E-state index contributed by atoms with van der Waals surface area (Å²) in [6, 6.07) is 1.73. The Kier molecular flexibility index (Phi) is 2.25. The third kappa shape index (κ3) is 1.78. The molecule has 0 saturated heterocycles. The maximum Gasteiger partial charge on any atom is 0.178 e. The number of phenols is 1. The molecule has 1 aromatic rings. The number of hydrogen-bond donors (Lipinski definition) is 2. The number of hydrogen-bond acceptors (Lipinski definition) is 4. The van der Waals surface area contributed by atoms with Gasteiger partial charge in [-0.05, 0) is 18.9 Å². The van der Waals surface area contributed by atoms with E-state index in [9.17, 15) is 23.0 Å². The average molecular weight is 246 g/mol. The lowest BCUT2D eigenvalue weighted by Crippen LogP contribution is -2.08. The lowest BCUT2D eigenvalue weighted by Gasteiger charge is -2.12. The van der Waals surface area contributed by atoms with Crippen LogP contribution < -0.4 is 0 Å². The molecule has 4 nitrogen and oxygen atoms in total. The molecule has 0 heterocycles. The lowest BCUT2D eigenvalue weighted by molar-refractivity contribution is 0.147. The van der Waals surface area contributed by atoms with Crippen LogP contribution in [-0.4, -0.2) is 24.9 Å². The van der Waals surface area contributed by atoms with E-state index < -0.39 is 26.2 Å². The van der Waals surface area contributed by atoms with Crippen LogP contribution in [-0.2, 0) is 15.4 Å². The summed E-state index contributed by atoms with van der Waals surface area (Å²) in [7, 11) is -3.71. The van der Waals surface area contributed by atoms with Crippen molar-refractivity contribution in [3.05, 3.63) is 23.5 Å². The molecule has 1 aliphatic rings. The highest BCUT2D eigenvalue weighted by Crippen LogP contribution is 2.49. The highest BCUT2D eigenvalue weighted by atomic mass is 32.2. The molecule has 6 heteroatoms. The number of benzene rings is 1. The molecular formula is C10H11FO4S. The minimum Gasteiger partial charge on any atom is -0.508 e. The first-order valence-corrected chi connectivity index (χ1v) is 6.59. The van der Waals surface area contributed by atoms with Crippen LogP contribution in [0.4, 0.5) is 4.39 Å². The van der Waals surface area contributed by atoms with Crippen molar-refractivity contribution in [1.82, 2.24) is 0 Å². The number of rotatable bonds is 2. The van der Waals surface area contributed by atoms with E-state index in [4.69, 9.17) is 0 Å². The zero-order chi connectivity index (χ0) is 12.1. The summed E-state index contributed by atoms with van der Waals surface area (Å²) in [6.07, 6.45) is 1.74. The van der Waals surface area contributed by atoms with Crippen LogP contribution in [0.2, 0.25) is 0 Å². The fraction of sp³-hybridized carbons (Fsp3) is 0.400. The van der Waals surface area contributed by atoms with E-state index in [-0.39, 0.29) is 11.3 Å². The minimum absolute atomic E-state index is 0.0531. The zero-order valence-electron chi connectivity index (χ0n) is 8.57. The Morgan fingerprint density at radius 3 is 2.38 bits per heavy atom. The molecule has 0 bridgehead atoms. The fourth-order valence-corrected chi connectivity index (χ4v) is 2.33. The topological polar surface area (TPSA) is 74.6 Å². The Bertz CT molecular complexity index is 546. The van der Waals surface area contributed by atoms with Gasteiger partial charge < -0.3 is 10.2 Å². The highest BCUT2D eigenvalue weighted by molar-refractivity contribution is 7.90. The molecule has 0 aliphatic heterocycles. The van der Waals surface area contributed by atoms with Crippen molar-refractivity contribution in [3.8, 4) is 5.75 Å². The predicted octanol–water partition coefficient (Wildman–Crippen LogP) is 0.916. The Balaban J connectivity index is 2.60. The molecule has 0 atom stereocenters. The normalized spacial score (nSPS) is 18.4. The first-order valence-electron chi connectivity index (χ1n) is 4.69. The van der Waals surface area contributed by atoms with Gasteiger partial charge in [0.1, 0.15) is 16.5 Å². The minimum atomic E-state index is -3.71. The van der Waals surface area contributed by atoms with E-state index in [1.807, 2.05) is 0 Å². The van der Waals surface area contributed by atoms with Gasteiger partial charge in [-0.25, -0.2) is 12.8 Å². The van der Waals surface area contributed by atoms with Gasteiger partial charge >= 0.3 is 0 Å². The second-order valence-corrected chi connectivity index (χ2v) is 6.09. The molecule has 1 aliphatic carbocycles. The lowest BCUT2D eigenvalue weighted by atomic mass is 10.1. The average Bonchev–Trinajstić information content (AvgIpc) is 2.86. The van der Waals surface area contributed by atoms with Crippen molar-refractivity contribution in [2.45, 2.75) is 23.3 Å². The number of halogens is 1. The summed E-state index contributed by atoms with van der Waals surface area (Å²) in [5.74, 6) is -1.34. The van der Waals surface area contributed by atoms with E-state index in [0.29, 0.717) is 12.8 Å². The van der Waals surface area contributed by atoms with Crippen molar-refractivity contribution >= 4 is 9.84 Å². The van der Waals surface area contributed by atoms with Gasteiger partial charge in [-0.3, -0.25) is 0 Å². The van der Waals surface area contributed by atoms with Crippen LogP contribution in [0.25, 0.3) is 0 Å². The van der Waals surface area contributed by atoms with Crippen LogP contribution in [0.15, 0.2) is 17.0 Å². The van der Waals surface area contributed by atoms with E-state index in [1.54, 1.807) is 0 Å². The second kappa shape index (κ2) is 3.18. The molecular weight excluding hydrogens is 235 g/mol. The summed E-state index contributed by atoms with van der Waals surface area (Å²) >= 11 is 0. The Hall–Kier alpha value is -1.14. The van der Waals surface area contributed by atoms with Crippen LogP contribution in [0.3, 0.4) is 0 Å². The Morgan fingerprint density at radius 2 is 1.94 bits per heavy atom. The SMILES string of the molecule is CS(=O)(=O)c1cc(O)c(C2(O)CC2)cc1F. The summed E-state index contributed by atoms with van der Waals surface area (Å²) < 4.78 is 35.8. The number of aromatic hydroxyl groups is 1. The largest absolute Gasteiger partial charge is 0.508 e. The Labute approximate surface area is 92.3 Å². The summed E-state index contributed by atoms with van der Waals surface area (Å²) in [5.41, 5.74) is -1.14. The zero-order valence-corrected chi connectivity index (χ0v) is 9.38. The van der Waals surface area contributed by atoms with Gasteiger partial charge in [0.2, 0.25) is 0 Å². The maximum absolute atomic E-state index is 13.5. The molecule has 88 valence electrons. The van der Waals surface area contributed by atoms with Crippen LogP contribution in [0.5, 0.6) is 5.75 Å². The molecule has 0 unspecified atom stereocenters. The molecule has 0 radical (unpaired) electrons. The first-order chi connectivity index (χ1) is 7.24. The molecule has 1 saturated carbocycles. The molecule has 16 heavy (non-hydrogen) atoms. The summed E-state index contributed by atoms with van der Waals surface area (Å²) in [5, 5.41) is 19.3. The molecule has 2 rings (SSSR count). The molecule has 0 aromatic heterocycles. The summed E-state index contributed by atoms with van der Waals surface area (Å²) in [6.45, 7) is 0. The number of sulfone groups is 1. The van der Waals surface area contributed by atoms with Crippen molar-refractivity contribution in [3.63, 3.8) is 0 Å². The van der Waals surface area contributed by atoms with Gasteiger partial charge in [0.25, 0.3) is 0 Å². The van der Waals surface area contributed by atoms with Gasteiger partial charge in [0.05, 0.1) is 5.60 Å². The van der Waals surface area contributed by atoms with Crippen molar-refractivity contribution in [1.29, 1.82) is 0 Å². The smallest absolute Gasteiger partial charge is 0.178 e. The van der Waals surface area contributed by atoms with Gasteiger partial charge in [-0.1, -0.05) is 0 Å². The predicted molar refractivity (Wildman–Crippen MR) is 54.3 cm³/mol. The number of phenolic OH excluding ortho intramolecular Hbond substituents is 1. The van der Waals surface area contributed by atoms with E-state index in [1.165, 1.54) is 0 Å². The van der Waals surface area contributed by atoms with E-state index >= 15 is 0 Å². The van der Waals surface area contributed by atoms with Gasteiger partial charge in [0, 0.05) is 17.9 Å². The molecule has 1 fully saturated rings. The maximum atomic E-state index is 13.5. The fourth-order valence-electron chi connectivity index (χ4n) is 1.59. The highest BCUT2D eigenvalue weighted by Gasteiger charge is 2.44. The summed E-state index contributed by atoms with van der Waals surface area (Å²) in [4.78, 5) is -0.557. The van der Waals surface area contributed by atoms with Crippen LogP contribution in [0.1, 0.15) is 18.4 Å². The third-order valence-electron chi connectivity index (χ3n) is 2.67.